The van der Waals surface area contributed by atoms with E-state index in [9.17, 15) is 4.79 Å². The van der Waals surface area contributed by atoms with Gasteiger partial charge in [0.15, 0.2) is 5.78 Å². The van der Waals surface area contributed by atoms with Crippen LogP contribution >= 0.6 is 0 Å². The van der Waals surface area contributed by atoms with Crippen LogP contribution in [-0.2, 0) is 0 Å². The molecule has 1 aromatic carbocycles. The number of allylic oxidation sites excluding steroid dienone is 1. The van der Waals surface area contributed by atoms with Gasteiger partial charge in [-0.05, 0) is 56.5 Å². The van der Waals surface area contributed by atoms with E-state index in [1.807, 2.05) is 24.3 Å². The standard InChI is InChI=1S/C14H16O2/c1-11(15)12-7-9-14(10-8-12)16-13-5-3-2-4-6-13/h3,5,7-10,13H,2,4,6H2,1H3. The Bertz CT molecular complexity index is 390. The molecule has 84 valence electrons. The lowest BCUT2D eigenvalue weighted by molar-refractivity contribution is 0.101. The lowest BCUT2D eigenvalue weighted by Gasteiger charge is -2.18. The van der Waals surface area contributed by atoms with Crippen molar-refractivity contribution in [3.63, 3.8) is 0 Å². The fraction of sp³-hybridized carbons (Fsp3) is 0.357. The molecule has 2 nitrogen and oxygen atoms in total. The second-order valence-electron chi connectivity index (χ2n) is 4.10. The maximum absolute atomic E-state index is 11.1. The van der Waals surface area contributed by atoms with Crippen molar-refractivity contribution in [1.29, 1.82) is 0 Å². The summed E-state index contributed by atoms with van der Waals surface area (Å²) in [5.41, 5.74) is 0.728. The first-order chi connectivity index (χ1) is 7.75. The molecule has 0 heterocycles. The Morgan fingerprint density at radius 2 is 2.06 bits per heavy atom. The number of carbonyl (C=O) groups is 1. The molecule has 1 aromatic rings. The van der Waals surface area contributed by atoms with Crippen LogP contribution in [-0.4, -0.2) is 11.9 Å². The van der Waals surface area contributed by atoms with Crippen LogP contribution in [0.25, 0.3) is 0 Å². The Morgan fingerprint density at radius 3 is 2.62 bits per heavy atom. The molecule has 0 radical (unpaired) electrons. The van der Waals surface area contributed by atoms with Crippen molar-refractivity contribution in [1.82, 2.24) is 0 Å². The van der Waals surface area contributed by atoms with Gasteiger partial charge in [0.25, 0.3) is 0 Å². The fourth-order valence-electron chi connectivity index (χ4n) is 1.82. The van der Waals surface area contributed by atoms with Crippen LogP contribution in [0.4, 0.5) is 0 Å². The van der Waals surface area contributed by atoms with E-state index in [-0.39, 0.29) is 11.9 Å². The predicted octanol–water partition coefficient (Wildman–Crippen LogP) is 3.38. The van der Waals surface area contributed by atoms with Crippen molar-refractivity contribution in [2.24, 2.45) is 0 Å². The van der Waals surface area contributed by atoms with Crippen molar-refractivity contribution < 1.29 is 9.53 Å². The smallest absolute Gasteiger partial charge is 0.159 e. The van der Waals surface area contributed by atoms with Gasteiger partial charge in [0.2, 0.25) is 0 Å². The highest BCUT2D eigenvalue weighted by Gasteiger charge is 2.09. The summed E-state index contributed by atoms with van der Waals surface area (Å²) in [6, 6.07) is 7.34. The summed E-state index contributed by atoms with van der Waals surface area (Å²) in [7, 11) is 0. The monoisotopic (exact) mass is 216 g/mol. The highest BCUT2D eigenvalue weighted by molar-refractivity contribution is 5.94. The summed E-state index contributed by atoms with van der Waals surface area (Å²) in [5.74, 6) is 0.922. The van der Waals surface area contributed by atoms with E-state index in [2.05, 4.69) is 12.2 Å². The molecule has 2 heteroatoms. The van der Waals surface area contributed by atoms with Gasteiger partial charge < -0.3 is 4.74 Å². The van der Waals surface area contributed by atoms with Crippen molar-refractivity contribution >= 4 is 5.78 Å². The molecule has 0 aliphatic heterocycles. The number of hydrogen-bond donors (Lipinski definition) is 0. The van der Waals surface area contributed by atoms with Gasteiger partial charge in [-0.15, -0.1) is 0 Å². The van der Waals surface area contributed by atoms with Crippen LogP contribution in [0.15, 0.2) is 36.4 Å². The van der Waals surface area contributed by atoms with Crippen molar-refractivity contribution in [2.75, 3.05) is 0 Å². The Hall–Kier alpha value is -1.57. The average molecular weight is 216 g/mol. The molecule has 0 amide bonds. The molecule has 16 heavy (non-hydrogen) atoms. The minimum absolute atomic E-state index is 0.0871. The molecule has 0 aromatic heterocycles. The summed E-state index contributed by atoms with van der Waals surface area (Å²) >= 11 is 0. The number of carbonyl (C=O) groups excluding carboxylic acids is 1. The maximum atomic E-state index is 11.1. The number of Topliss-reactive ketones (excluding diaryl/α,β-unsaturated/α-hetero) is 1. The minimum atomic E-state index is 0.0871. The van der Waals surface area contributed by atoms with Gasteiger partial charge in [0.05, 0.1) is 0 Å². The summed E-state index contributed by atoms with van der Waals surface area (Å²) in [6.45, 7) is 1.57. The van der Waals surface area contributed by atoms with Crippen LogP contribution in [0, 0.1) is 0 Å². The third-order valence-electron chi connectivity index (χ3n) is 2.76. The molecule has 0 N–H and O–H groups in total. The van der Waals surface area contributed by atoms with E-state index in [0.717, 1.165) is 24.2 Å². The number of benzene rings is 1. The zero-order valence-electron chi connectivity index (χ0n) is 9.48. The zero-order valence-corrected chi connectivity index (χ0v) is 9.48. The second-order valence-corrected chi connectivity index (χ2v) is 4.10. The van der Waals surface area contributed by atoms with E-state index in [4.69, 9.17) is 4.74 Å². The summed E-state index contributed by atoms with van der Waals surface area (Å²) in [5, 5.41) is 0. The molecule has 0 fully saturated rings. The van der Waals surface area contributed by atoms with Gasteiger partial charge in [-0.3, -0.25) is 4.79 Å². The van der Waals surface area contributed by atoms with Gasteiger partial charge >= 0.3 is 0 Å². The SMILES string of the molecule is CC(=O)c1ccc(OC2C=CCCC2)cc1. The molecule has 1 atom stereocenters. The lowest BCUT2D eigenvalue weighted by atomic mass is 10.1. The summed E-state index contributed by atoms with van der Waals surface area (Å²) in [6.07, 6.45) is 7.89. The van der Waals surface area contributed by atoms with Gasteiger partial charge in [0, 0.05) is 5.56 Å². The number of ether oxygens (including phenoxy) is 1. The van der Waals surface area contributed by atoms with Crippen molar-refractivity contribution in [2.45, 2.75) is 32.3 Å². The number of ketones is 1. The third kappa shape index (κ3) is 2.72. The van der Waals surface area contributed by atoms with Crippen LogP contribution in [0.5, 0.6) is 5.75 Å². The quantitative estimate of drug-likeness (QED) is 0.572. The first-order valence-corrected chi connectivity index (χ1v) is 5.70. The van der Waals surface area contributed by atoms with Crippen molar-refractivity contribution in [3.05, 3.63) is 42.0 Å². The summed E-state index contributed by atoms with van der Waals surface area (Å²) in [4.78, 5) is 11.1. The minimum Gasteiger partial charge on any atom is -0.486 e. The number of rotatable bonds is 3. The van der Waals surface area contributed by atoms with Gasteiger partial charge in [0.1, 0.15) is 11.9 Å². The van der Waals surface area contributed by atoms with Crippen LogP contribution in [0.3, 0.4) is 0 Å². The second kappa shape index (κ2) is 4.97. The third-order valence-corrected chi connectivity index (χ3v) is 2.76. The molecule has 2 rings (SSSR count). The highest BCUT2D eigenvalue weighted by atomic mass is 16.5. The topological polar surface area (TPSA) is 26.3 Å². The first kappa shape index (κ1) is 10.9. The highest BCUT2D eigenvalue weighted by Crippen LogP contribution is 2.19. The molecular weight excluding hydrogens is 200 g/mol. The fourth-order valence-corrected chi connectivity index (χ4v) is 1.82. The summed E-state index contributed by atoms with van der Waals surface area (Å²) < 4.78 is 5.79. The lowest BCUT2D eigenvalue weighted by Crippen LogP contribution is -2.15. The normalized spacial score (nSPS) is 19.4. The predicted molar refractivity (Wildman–Crippen MR) is 63.9 cm³/mol. The van der Waals surface area contributed by atoms with E-state index in [1.165, 1.54) is 6.42 Å². The van der Waals surface area contributed by atoms with Gasteiger partial charge in [-0.2, -0.15) is 0 Å². The average Bonchev–Trinajstić information content (AvgIpc) is 2.31. The van der Waals surface area contributed by atoms with Gasteiger partial charge in [-0.1, -0.05) is 6.08 Å². The Balaban J connectivity index is 2.02. The molecule has 1 aliphatic carbocycles. The number of hydrogen-bond acceptors (Lipinski definition) is 2. The molecule has 0 saturated heterocycles. The van der Waals surface area contributed by atoms with Crippen molar-refractivity contribution in [3.8, 4) is 5.75 Å². The molecule has 0 spiro atoms. The maximum Gasteiger partial charge on any atom is 0.159 e. The molecule has 1 unspecified atom stereocenters. The Labute approximate surface area is 95.9 Å². The van der Waals surface area contributed by atoms with E-state index in [0.29, 0.717) is 0 Å². The van der Waals surface area contributed by atoms with E-state index >= 15 is 0 Å². The molecule has 0 bridgehead atoms. The van der Waals surface area contributed by atoms with Crippen LogP contribution in [0.1, 0.15) is 36.5 Å². The van der Waals surface area contributed by atoms with Gasteiger partial charge in [-0.25, -0.2) is 0 Å². The molecule has 0 saturated carbocycles. The zero-order chi connectivity index (χ0) is 11.4. The molecule has 1 aliphatic rings. The Kier molecular flexibility index (Phi) is 3.40. The van der Waals surface area contributed by atoms with E-state index in [1.54, 1.807) is 6.92 Å². The van der Waals surface area contributed by atoms with Crippen LogP contribution in [0.2, 0.25) is 0 Å². The van der Waals surface area contributed by atoms with Crippen LogP contribution < -0.4 is 4.74 Å². The van der Waals surface area contributed by atoms with E-state index < -0.39 is 0 Å². The Morgan fingerprint density at radius 1 is 1.31 bits per heavy atom. The molecular formula is C14H16O2. The first-order valence-electron chi connectivity index (χ1n) is 5.70. The largest absolute Gasteiger partial charge is 0.486 e.